The van der Waals surface area contributed by atoms with Crippen molar-refractivity contribution in [1.29, 1.82) is 0 Å². The van der Waals surface area contributed by atoms with Crippen LogP contribution in [0.15, 0.2) is 29.7 Å². The highest BCUT2D eigenvalue weighted by molar-refractivity contribution is 6.55. The number of aliphatic hydroxyl groups is 1. The molecule has 0 spiro atoms. The molecule has 0 radical (unpaired) electrons. The van der Waals surface area contributed by atoms with E-state index < -0.39 is 0 Å². The van der Waals surface area contributed by atoms with Crippen LogP contribution in [0.5, 0.6) is 0 Å². The molecule has 1 aliphatic rings. The minimum atomic E-state index is -0.337. The summed E-state index contributed by atoms with van der Waals surface area (Å²) in [6, 6.07) is 8.44. The minimum Gasteiger partial charge on any atom is -0.400 e. The van der Waals surface area contributed by atoms with Gasteiger partial charge in [0, 0.05) is 13.2 Å². The lowest BCUT2D eigenvalue weighted by atomic mass is 9.77. The van der Waals surface area contributed by atoms with Crippen LogP contribution < -0.4 is 5.32 Å². The number of nitrogens with one attached hydrogen (secondary N) is 1. The summed E-state index contributed by atoms with van der Waals surface area (Å²) in [6.07, 6.45) is 3.84. The SMILES string of the molecule is CNCC(=Cc1ccc(CCCO)cc1)B1OC(C)(C)C(C)(C)O1. The van der Waals surface area contributed by atoms with Crippen molar-refractivity contribution >= 4 is 13.2 Å². The third kappa shape index (κ3) is 4.48. The Morgan fingerprint density at radius 3 is 2.21 bits per heavy atom. The van der Waals surface area contributed by atoms with E-state index in [1.54, 1.807) is 0 Å². The van der Waals surface area contributed by atoms with Crippen molar-refractivity contribution in [2.75, 3.05) is 20.2 Å². The molecular formula is C19H30BNO3. The average Bonchev–Trinajstić information content (AvgIpc) is 2.74. The van der Waals surface area contributed by atoms with E-state index in [9.17, 15) is 0 Å². The fraction of sp³-hybridized carbons (Fsp3) is 0.579. The highest BCUT2D eigenvalue weighted by Gasteiger charge is 2.52. The Hall–Kier alpha value is -1.14. The van der Waals surface area contributed by atoms with Gasteiger partial charge in [0.05, 0.1) is 11.2 Å². The number of aliphatic hydroxyl groups excluding tert-OH is 1. The number of rotatable bonds is 7. The Kier molecular flexibility index (Phi) is 6.26. The topological polar surface area (TPSA) is 50.7 Å². The van der Waals surface area contributed by atoms with Crippen molar-refractivity contribution in [3.05, 3.63) is 40.9 Å². The smallest absolute Gasteiger partial charge is 0.400 e. The summed E-state index contributed by atoms with van der Waals surface area (Å²) in [5.41, 5.74) is 2.78. The van der Waals surface area contributed by atoms with E-state index in [1.165, 1.54) is 5.56 Å². The number of hydrogen-bond donors (Lipinski definition) is 2. The molecular weight excluding hydrogens is 301 g/mol. The normalized spacial score (nSPS) is 19.8. The fourth-order valence-electron chi connectivity index (χ4n) is 2.68. The first-order valence-corrected chi connectivity index (χ1v) is 8.69. The first-order valence-electron chi connectivity index (χ1n) is 8.69. The molecule has 0 unspecified atom stereocenters. The third-order valence-electron chi connectivity index (χ3n) is 4.89. The van der Waals surface area contributed by atoms with Crippen LogP contribution in [0.3, 0.4) is 0 Å². The van der Waals surface area contributed by atoms with E-state index in [-0.39, 0.29) is 24.9 Å². The van der Waals surface area contributed by atoms with Crippen LogP contribution in [0, 0.1) is 0 Å². The van der Waals surface area contributed by atoms with Crippen molar-refractivity contribution in [1.82, 2.24) is 5.32 Å². The van der Waals surface area contributed by atoms with Gasteiger partial charge in [-0.15, -0.1) is 0 Å². The molecule has 2 N–H and O–H groups in total. The van der Waals surface area contributed by atoms with Crippen LogP contribution in [-0.4, -0.2) is 43.6 Å². The van der Waals surface area contributed by atoms with Gasteiger partial charge in [0.15, 0.2) is 0 Å². The van der Waals surface area contributed by atoms with Gasteiger partial charge >= 0.3 is 7.12 Å². The Morgan fingerprint density at radius 2 is 1.71 bits per heavy atom. The van der Waals surface area contributed by atoms with Crippen molar-refractivity contribution in [2.45, 2.75) is 51.7 Å². The van der Waals surface area contributed by atoms with Crippen LogP contribution in [0.4, 0.5) is 0 Å². The summed E-state index contributed by atoms with van der Waals surface area (Å²) in [4.78, 5) is 0. The van der Waals surface area contributed by atoms with Crippen molar-refractivity contribution in [2.24, 2.45) is 0 Å². The maximum atomic E-state index is 8.92. The van der Waals surface area contributed by atoms with Crippen LogP contribution in [-0.2, 0) is 15.7 Å². The second-order valence-electron chi connectivity index (χ2n) is 7.41. The second-order valence-corrected chi connectivity index (χ2v) is 7.41. The van der Waals surface area contributed by atoms with Crippen LogP contribution in [0.25, 0.3) is 6.08 Å². The zero-order valence-electron chi connectivity index (χ0n) is 15.6. The summed E-state index contributed by atoms with van der Waals surface area (Å²) in [6.45, 7) is 9.22. The first kappa shape index (κ1) is 19.2. The Balaban J connectivity index is 2.17. The molecule has 4 nitrogen and oxygen atoms in total. The Morgan fingerprint density at radius 1 is 1.12 bits per heavy atom. The van der Waals surface area contributed by atoms with Crippen LogP contribution in [0.2, 0.25) is 0 Å². The first-order chi connectivity index (χ1) is 11.3. The lowest BCUT2D eigenvalue weighted by molar-refractivity contribution is 0.00578. The highest BCUT2D eigenvalue weighted by atomic mass is 16.7. The standard InChI is InChI=1S/C19H30BNO3/c1-18(2)19(3,4)24-20(23-18)17(14-21-5)13-16-10-8-15(9-11-16)7-6-12-22/h8-11,13,21-22H,6-7,12,14H2,1-5H3. The summed E-state index contributed by atoms with van der Waals surface area (Å²) in [7, 11) is 1.59. The zero-order valence-corrected chi connectivity index (χ0v) is 15.6. The van der Waals surface area contributed by atoms with Gasteiger partial charge in [-0.3, -0.25) is 0 Å². The van der Waals surface area contributed by atoms with E-state index in [0.717, 1.165) is 23.9 Å². The van der Waals surface area contributed by atoms with Gasteiger partial charge in [-0.2, -0.15) is 0 Å². The maximum absolute atomic E-state index is 8.92. The largest absolute Gasteiger partial charge is 0.491 e. The van der Waals surface area contributed by atoms with E-state index in [0.29, 0.717) is 6.54 Å². The lowest BCUT2D eigenvalue weighted by Gasteiger charge is -2.32. The van der Waals surface area contributed by atoms with Crippen LogP contribution >= 0.6 is 0 Å². The average molecular weight is 331 g/mol. The molecule has 0 amide bonds. The molecule has 1 aromatic rings. The lowest BCUT2D eigenvalue weighted by Crippen LogP contribution is -2.41. The molecule has 0 aliphatic carbocycles. The molecule has 0 atom stereocenters. The number of benzene rings is 1. The maximum Gasteiger partial charge on any atom is 0.491 e. The molecule has 1 heterocycles. The van der Waals surface area contributed by atoms with Crippen molar-refractivity contribution < 1.29 is 14.4 Å². The highest BCUT2D eigenvalue weighted by Crippen LogP contribution is 2.38. The number of hydrogen-bond acceptors (Lipinski definition) is 4. The zero-order chi connectivity index (χ0) is 17.8. The van der Waals surface area contributed by atoms with E-state index in [2.05, 4.69) is 63.4 Å². The molecule has 0 bridgehead atoms. The number of aryl methyl sites for hydroxylation is 1. The van der Waals surface area contributed by atoms with Gasteiger partial charge in [0.25, 0.3) is 0 Å². The Bertz CT molecular complexity index is 550. The summed E-state index contributed by atoms with van der Waals surface area (Å²) < 4.78 is 12.3. The molecule has 24 heavy (non-hydrogen) atoms. The van der Waals surface area contributed by atoms with Gasteiger partial charge < -0.3 is 19.7 Å². The fourth-order valence-corrected chi connectivity index (χ4v) is 2.68. The predicted molar refractivity (Wildman–Crippen MR) is 99.8 cm³/mol. The molecule has 0 saturated carbocycles. The molecule has 5 heteroatoms. The van der Waals surface area contributed by atoms with E-state index in [1.807, 2.05) is 7.05 Å². The summed E-state index contributed by atoms with van der Waals surface area (Å²) in [5.74, 6) is 0. The van der Waals surface area contributed by atoms with Gasteiger partial charge in [-0.05, 0) is 64.2 Å². The summed E-state index contributed by atoms with van der Waals surface area (Å²) >= 11 is 0. The van der Waals surface area contributed by atoms with E-state index in [4.69, 9.17) is 14.4 Å². The minimum absolute atomic E-state index is 0.232. The molecule has 1 aliphatic heterocycles. The van der Waals surface area contributed by atoms with Gasteiger partial charge in [-0.25, -0.2) is 0 Å². The van der Waals surface area contributed by atoms with Crippen molar-refractivity contribution in [3.8, 4) is 0 Å². The Labute approximate surface area is 146 Å². The monoisotopic (exact) mass is 331 g/mol. The number of likely N-dealkylation sites (N-methyl/N-ethyl adjacent to an activating group) is 1. The molecule has 1 fully saturated rings. The van der Waals surface area contributed by atoms with Gasteiger partial charge in [0.1, 0.15) is 0 Å². The quantitative estimate of drug-likeness (QED) is 0.755. The van der Waals surface area contributed by atoms with Gasteiger partial charge in [-0.1, -0.05) is 30.3 Å². The molecule has 2 rings (SSSR count). The molecule has 1 saturated heterocycles. The van der Waals surface area contributed by atoms with E-state index >= 15 is 0 Å². The molecule has 1 aromatic carbocycles. The second kappa shape index (κ2) is 7.83. The molecule has 0 aromatic heterocycles. The predicted octanol–water partition coefficient (Wildman–Crippen LogP) is 2.85. The van der Waals surface area contributed by atoms with Crippen molar-refractivity contribution in [3.63, 3.8) is 0 Å². The summed E-state index contributed by atoms with van der Waals surface area (Å²) in [5, 5.41) is 12.1. The molecule has 132 valence electrons. The van der Waals surface area contributed by atoms with Gasteiger partial charge in [0.2, 0.25) is 0 Å². The third-order valence-corrected chi connectivity index (χ3v) is 4.89. The van der Waals surface area contributed by atoms with Crippen LogP contribution in [0.1, 0.15) is 45.2 Å².